The second-order valence-corrected chi connectivity index (χ2v) is 5.93. The van der Waals surface area contributed by atoms with Gasteiger partial charge in [0.1, 0.15) is 11.5 Å². The van der Waals surface area contributed by atoms with Crippen molar-refractivity contribution >= 4 is 0 Å². The molecule has 1 heterocycles. The minimum absolute atomic E-state index is 0.161. The lowest BCUT2D eigenvalue weighted by atomic mass is 9.76. The Bertz CT molecular complexity index is 435. The number of hydrogen-bond acceptors (Lipinski definition) is 2. The summed E-state index contributed by atoms with van der Waals surface area (Å²) in [6.45, 7) is 8.88. The summed E-state index contributed by atoms with van der Waals surface area (Å²) in [4.78, 5) is 0. The fourth-order valence-electron chi connectivity index (χ4n) is 2.89. The van der Waals surface area contributed by atoms with E-state index in [4.69, 9.17) is 9.47 Å². The molecule has 0 N–H and O–H groups in total. The molecule has 18 heavy (non-hydrogen) atoms. The summed E-state index contributed by atoms with van der Waals surface area (Å²) < 4.78 is 11.6. The highest BCUT2D eigenvalue weighted by molar-refractivity contribution is 5.50. The molecule has 0 aliphatic carbocycles. The molecule has 0 saturated carbocycles. The van der Waals surface area contributed by atoms with Crippen LogP contribution in [0.25, 0.3) is 0 Å². The van der Waals surface area contributed by atoms with E-state index in [1.54, 1.807) is 7.11 Å². The standard InChI is InChI=1S/C16H24O2/c1-6-7-12-10-16(3,4)13-9-14(17-5)11(2)8-15(13)18-12/h8-9,12H,6-7,10H2,1-5H3. The predicted octanol–water partition coefficient (Wildman–Crippen LogP) is 4.23. The first-order chi connectivity index (χ1) is 8.47. The number of aryl methyl sites for hydroxylation is 1. The summed E-state index contributed by atoms with van der Waals surface area (Å²) in [7, 11) is 1.73. The van der Waals surface area contributed by atoms with Crippen LogP contribution in [-0.2, 0) is 5.41 Å². The highest BCUT2D eigenvalue weighted by Crippen LogP contribution is 2.44. The van der Waals surface area contributed by atoms with Gasteiger partial charge in [0.05, 0.1) is 13.2 Å². The van der Waals surface area contributed by atoms with Gasteiger partial charge in [-0.2, -0.15) is 0 Å². The topological polar surface area (TPSA) is 18.5 Å². The van der Waals surface area contributed by atoms with Gasteiger partial charge in [0.15, 0.2) is 0 Å². The SMILES string of the molecule is CCCC1CC(C)(C)c2cc(OC)c(C)cc2O1. The first-order valence-electron chi connectivity index (χ1n) is 6.83. The van der Waals surface area contributed by atoms with E-state index in [-0.39, 0.29) is 5.41 Å². The lowest BCUT2D eigenvalue weighted by Gasteiger charge is -2.38. The van der Waals surface area contributed by atoms with Crippen molar-refractivity contribution in [1.29, 1.82) is 0 Å². The monoisotopic (exact) mass is 248 g/mol. The lowest BCUT2D eigenvalue weighted by molar-refractivity contribution is 0.125. The minimum Gasteiger partial charge on any atom is -0.496 e. The van der Waals surface area contributed by atoms with Gasteiger partial charge in [-0.1, -0.05) is 27.2 Å². The third kappa shape index (κ3) is 2.33. The summed E-state index contributed by atoms with van der Waals surface area (Å²) in [5.74, 6) is 2.00. The fraction of sp³-hybridized carbons (Fsp3) is 0.625. The van der Waals surface area contributed by atoms with Gasteiger partial charge < -0.3 is 9.47 Å². The molecule has 2 heteroatoms. The quantitative estimate of drug-likeness (QED) is 0.797. The van der Waals surface area contributed by atoms with Crippen LogP contribution in [0.5, 0.6) is 11.5 Å². The van der Waals surface area contributed by atoms with E-state index in [2.05, 4.69) is 39.8 Å². The Hall–Kier alpha value is -1.18. The molecule has 0 spiro atoms. The summed E-state index contributed by atoms with van der Waals surface area (Å²) in [6, 6.07) is 4.27. The second-order valence-electron chi connectivity index (χ2n) is 5.93. The number of hydrogen-bond donors (Lipinski definition) is 0. The average molecular weight is 248 g/mol. The molecule has 0 bridgehead atoms. The highest BCUT2D eigenvalue weighted by Gasteiger charge is 2.34. The summed E-state index contributed by atoms with van der Waals surface area (Å²) in [6.07, 6.45) is 3.74. The number of ether oxygens (including phenoxy) is 2. The third-order valence-corrected chi connectivity index (χ3v) is 3.87. The number of fused-ring (bicyclic) bond motifs is 1. The average Bonchev–Trinajstić information content (AvgIpc) is 2.27. The number of rotatable bonds is 3. The van der Waals surface area contributed by atoms with E-state index < -0.39 is 0 Å². The van der Waals surface area contributed by atoms with Crippen molar-refractivity contribution in [2.24, 2.45) is 0 Å². The van der Waals surface area contributed by atoms with E-state index in [9.17, 15) is 0 Å². The van der Waals surface area contributed by atoms with Crippen LogP contribution in [0.15, 0.2) is 12.1 Å². The first kappa shape index (κ1) is 13.3. The van der Waals surface area contributed by atoms with Crippen LogP contribution >= 0.6 is 0 Å². The van der Waals surface area contributed by atoms with Crippen LogP contribution in [0.4, 0.5) is 0 Å². The van der Waals surface area contributed by atoms with E-state index in [0.29, 0.717) is 6.10 Å². The van der Waals surface area contributed by atoms with Crippen molar-refractivity contribution in [2.75, 3.05) is 7.11 Å². The molecular weight excluding hydrogens is 224 g/mol. The normalized spacial score (nSPS) is 21.1. The number of benzene rings is 1. The number of methoxy groups -OCH3 is 1. The smallest absolute Gasteiger partial charge is 0.123 e. The summed E-state index contributed by atoms with van der Waals surface area (Å²) in [5, 5.41) is 0. The fourth-order valence-corrected chi connectivity index (χ4v) is 2.89. The minimum atomic E-state index is 0.161. The molecule has 0 aromatic heterocycles. The van der Waals surface area contributed by atoms with Crippen LogP contribution in [0.2, 0.25) is 0 Å². The van der Waals surface area contributed by atoms with E-state index >= 15 is 0 Å². The molecule has 0 saturated heterocycles. The van der Waals surface area contributed by atoms with Gasteiger partial charge >= 0.3 is 0 Å². The van der Waals surface area contributed by atoms with E-state index in [0.717, 1.165) is 29.9 Å². The van der Waals surface area contributed by atoms with Crippen LogP contribution in [0, 0.1) is 6.92 Å². The molecular formula is C16H24O2. The zero-order valence-corrected chi connectivity index (χ0v) is 12.2. The van der Waals surface area contributed by atoms with Gasteiger partial charge in [-0.05, 0) is 42.9 Å². The molecule has 100 valence electrons. The van der Waals surface area contributed by atoms with Gasteiger partial charge in [0.25, 0.3) is 0 Å². The highest BCUT2D eigenvalue weighted by atomic mass is 16.5. The van der Waals surface area contributed by atoms with Gasteiger partial charge in [-0.25, -0.2) is 0 Å². The van der Waals surface area contributed by atoms with Crippen LogP contribution < -0.4 is 9.47 Å². The maximum Gasteiger partial charge on any atom is 0.123 e. The van der Waals surface area contributed by atoms with Crippen molar-refractivity contribution < 1.29 is 9.47 Å². The molecule has 1 aromatic rings. The zero-order chi connectivity index (χ0) is 13.3. The largest absolute Gasteiger partial charge is 0.496 e. The Morgan fingerprint density at radius 1 is 1.39 bits per heavy atom. The molecule has 0 radical (unpaired) electrons. The molecule has 0 fully saturated rings. The van der Waals surface area contributed by atoms with Crippen LogP contribution in [0.1, 0.15) is 51.2 Å². The Balaban J connectivity index is 2.42. The van der Waals surface area contributed by atoms with Gasteiger partial charge in [-0.3, -0.25) is 0 Å². The van der Waals surface area contributed by atoms with Crippen LogP contribution in [-0.4, -0.2) is 13.2 Å². The molecule has 1 unspecified atom stereocenters. The third-order valence-electron chi connectivity index (χ3n) is 3.87. The van der Waals surface area contributed by atoms with Crippen molar-refractivity contribution in [3.63, 3.8) is 0 Å². The Morgan fingerprint density at radius 2 is 2.11 bits per heavy atom. The summed E-state index contributed by atoms with van der Waals surface area (Å²) >= 11 is 0. The maximum absolute atomic E-state index is 6.13. The molecule has 1 atom stereocenters. The van der Waals surface area contributed by atoms with Crippen LogP contribution in [0.3, 0.4) is 0 Å². The molecule has 2 nitrogen and oxygen atoms in total. The molecule has 1 aliphatic heterocycles. The van der Waals surface area contributed by atoms with Gasteiger partial charge in [0, 0.05) is 5.56 Å². The molecule has 1 aromatic carbocycles. The lowest BCUT2D eigenvalue weighted by Crippen LogP contribution is -2.34. The second kappa shape index (κ2) is 4.83. The van der Waals surface area contributed by atoms with Gasteiger partial charge in [0.2, 0.25) is 0 Å². The van der Waals surface area contributed by atoms with Crippen molar-refractivity contribution in [1.82, 2.24) is 0 Å². The Morgan fingerprint density at radius 3 is 2.72 bits per heavy atom. The Labute approximate surface area is 110 Å². The first-order valence-corrected chi connectivity index (χ1v) is 6.83. The molecule has 2 rings (SSSR count). The van der Waals surface area contributed by atoms with E-state index in [1.165, 1.54) is 12.0 Å². The van der Waals surface area contributed by atoms with Crippen molar-refractivity contribution in [2.45, 2.75) is 58.5 Å². The van der Waals surface area contributed by atoms with Crippen molar-refractivity contribution in [3.8, 4) is 11.5 Å². The molecule has 0 amide bonds. The zero-order valence-electron chi connectivity index (χ0n) is 12.2. The van der Waals surface area contributed by atoms with E-state index in [1.807, 2.05) is 0 Å². The molecule has 1 aliphatic rings. The Kier molecular flexibility index (Phi) is 3.56. The predicted molar refractivity (Wildman–Crippen MR) is 74.7 cm³/mol. The maximum atomic E-state index is 6.13. The summed E-state index contributed by atoms with van der Waals surface area (Å²) in [5.41, 5.74) is 2.58. The van der Waals surface area contributed by atoms with Gasteiger partial charge in [-0.15, -0.1) is 0 Å². The van der Waals surface area contributed by atoms with Crippen molar-refractivity contribution in [3.05, 3.63) is 23.3 Å².